The standard InChI is InChI=1S/C20H28N4O2S/c1-4-5-6-7-12-27-20-21-17-16(18(25)22-19(26)23(17)3)24(20)13-15-10-8-14(2)9-11-15/h8-11,16-17H,4-7,12-13H2,1-3H3,(H,22,25,26). The number of nitrogens with zero attached hydrogens (tertiary/aromatic N) is 3. The lowest BCUT2D eigenvalue weighted by atomic mass is 10.1. The molecule has 2 heterocycles. The second kappa shape index (κ2) is 8.78. The Hall–Kier alpha value is -2.02. The SMILES string of the molecule is CCCCCCSC1=NC2C(C(=O)NC(=O)N2C)N1Cc1ccc(C)cc1. The van der Waals surface area contributed by atoms with Crippen molar-refractivity contribution in [3.63, 3.8) is 0 Å². The number of hydrogen-bond donors (Lipinski definition) is 1. The van der Waals surface area contributed by atoms with E-state index in [0.29, 0.717) is 6.54 Å². The molecule has 2 aliphatic heterocycles. The van der Waals surface area contributed by atoms with Crippen LogP contribution in [0.3, 0.4) is 0 Å². The molecule has 0 spiro atoms. The van der Waals surface area contributed by atoms with Gasteiger partial charge in [0.25, 0.3) is 5.91 Å². The molecule has 0 aromatic heterocycles. The van der Waals surface area contributed by atoms with Gasteiger partial charge in [-0.15, -0.1) is 0 Å². The van der Waals surface area contributed by atoms with Gasteiger partial charge in [-0.1, -0.05) is 67.8 Å². The van der Waals surface area contributed by atoms with Crippen LogP contribution in [0.2, 0.25) is 0 Å². The van der Waals surface area contributed by atoms with Gasteiger partial charge in [0.2, 0.25) is 0 Å². The molecular weight excluding hydrogens is 360 g/mol. The van der Waals surface area contributed by atoms with Crippen molar-refractivity contribution < 1.29 is 9.59 Å². The van der Waals surface area contributed by atoms with Gasteiger partial charge in [-0.3, -0.25) is 10.1 Å². The molecule has 3 rings (SSSR count). The Morgan fingerprint density at radius 3 is 2.59 bits per heavy atom. The molecule has 0 aliphatic carbocycles. The lowest BCUT2D eigenvalue weighted by Crippen LogP contribution is -2.63. The molecular formula is C20H28N4O2S. The quantitative estimate of drug-likeness (QED) is 0.728. The van der Waals surface area contributed by atoms with Gasteiger partial charge in [0.05, 0.1) is 0 Å². The summed E-state index contributed by atoms with van der Waals surface area (Å²) in [5.41, 5.74) is 2.34. The minimum atomic E-state index is -0.466. The van der Waals surface area contributed by atoms with E-state index in [1.165, 1.54) is 29.7 Å². The third-order valence-electron chi connectivity index (χ3n) is 5.03. The Morgan fingerprint density at radius 2 is 1.89 bits per heavy atom. The zero-order chi connectivity index (χ0) is 19.4. The van der Waals surface area contributed by atoms with E-state index >= 15 is 0 Å². The molecule has 0 bridgehead atoms. The molecule has 27 heavy (non-hydrogen) atoms. The fraction of sp³-hybridized carbons (Fsp3) is 0.550. The summed E-state index contributed by atoms with van der Waals surface area (Å²) in [6.07, 6.45) is 4.34. The number of thioether (sulfide) groups is 1. The highest BCUT2D eigenvalue weighted by atomic mass is 32.2. The minimum Gasteiger partial charge on any atom is -0.331 e. The Bertz CT molecular complexity index is 719. The maximum Gasteiger partial charge on any atom is 0.325 e. The maximum absolute atomic E-state index is 12.6. The van der Waals surface area contributed by atoms with Crippen LogP contribution in [0.25, 0.3) is 0 Å². The van der Waals surface area contributed by atoms with E-state index in [1.54, 1.807) is 18.8 Å². The first-order valence-corrected chi connectivity index (χ1v) is 10.6. The number of benzene rings is 1. The fourth-order valence-electron chi connectivity index (χ4n) is 3.37. The van der Waals surface area contributed by atoms with Crippen molar-refractivity contribution >= 4 is 28.9 Å². The van der Waals surface area contributed by atoms with Crippen molar-refractivity contribution in [1.29, 1.82) is 0 Å². The molecule has 3 amide bonds. The number of aryl methyl sites for hydroxylation is 1. The van der Waals surface area contributed by atoms with E-state index < -0.39 is 12.2 Å². The average molecular weight is 389 g/mol. The number of carbonyl (C=O) groups excluding carboxylic acids is 2. The van der Waals surface area contributed by atoms with E-state index in [0.717, 1.165) is 22.9 Å². The van der Waals surface area contributed by atoms with Crippen molar-refractivity contribution in [3.8, 4) is 0 Å². The molecule has 6 nitrogen and oxygen atoms in total. The number of rotatable bonds is 7. The van der Waals surface area contributed by atoms with Crippen molar-refractivity contribution in [1.82, 2.24) is 15.1 Å². The van der Waals surface area contributed by atoms with E-state index in [2.05, 4.69) is 48.3 Å². The molecule has 1 aromatic carbocycles. The van der Waals surface area contributed by atoms with Crippen molar-refractivity contribution in [3.05, 3.63) is 35.4 Å². The van der Waals surface area contributed by atoms with Crippen molar-refractivity contribution in [2.24, 2.45) is 4.99 Å². The number of amidine groups is 1. The number of unbranched alkanes of at least 4 members (excludes halogenated alkanes) is 3. The molecule has 1 N–H and O–H groups in total. The normalized spacial score (nSPS) is 22.0. The predicted molar refractivity (Wildman–Crippen MR) is 110 cm³/mol. The zero-order valence-corrected chi connectivity index (χ0v) is 17.1. The van der Waals surface area contributed by atoms with Gasteiger partial charge in [-0.05, 0) is 18.9 Å². The number of hydrogen-bond acceptors (Lipinski definition) is 5. The number of likely N-dealkylation sites (N-methyl/N-ethyl adjacent to an activating group) is 1. The first-order chi connectivity index (χ1) is 13.0. The van der Waals surface area contributed by atoms with Crippen LogP contribution >= 0.6 is 11.8 Å². The number of carbonyl (C=O) groups is 2. The van der Waals surface area contributed by atoms with Gasteiger partial charge < -0.3 is 9.80 Å². The second-order valence-corrected chi connectivity index (χ2v) is 8.26. The fourth-order valence-corrected chi connectivity index (χ4v) is 4.43. The summed E-state index contributed by atoms with van der Waals surface area (Å²) in [6.45, 7) is 4.87. The second-order valence-electron chi connectivity index (χ2n) is 7.20. The maximum atomic E-state index is 12.6. The Kier molecular flexibility index (Phi) is 6.42. The molecule has 0 saturated carbocycles. The highest BCUT2D eigenvalue weighted by Crippen LogP contribution is 2.30. The van der Waals surface area contributed by atoms with Crippen LogP contribution in [0.5, 0.6) is 0 Å². The summed E-state index contributed by atoms with van der Waals surface area (Å²) in [7, 11) is 1.70. The Balaban J connectivity index is 1.77. The van der Waals surface area contributed by atoms with E-state index in [9.17, 15) is 9.59 Å². The molecule has 0 radical (unpaired) electrons. The van der Waals surface area contributed by atoms with Crippen LogP contribution in [0.4, 0.5) is 4.79 Å². The minimum absolute atomic E-state index is 0.263. The molecule has 2 aliphatic rings. The number of fused-ring (bicyclic) bond motifs is 1. The monoisotopic (exact) mass is 388 g/mol. The summed E-state index contributed by atoms with van der Waals surface area (Å²) in [5, 5.41) is 3.31. The zero-order valence-electron chi connectivity index (χ0n) is 16.3. The third-order valence-corrected chi connectivity index (χ3v) is 6.12. The van der Waals surface area contributed by atoms with Crippen LogP contribution in [-0.2, 0) is 11.3 Å². The van der Waals surface area contributed by atoms with Gasteiger partial charge in [-0.25, -0.2) is 9.79 Å². The van der Waals surface area contributed by atoms with Gasteiger partial charge in [0, 0.05) is 19.3 Å². The molecule has 146 valence electrons. The summed E-state index contributed by atoms with van der Waals surface area (Å²) in [5.74, 6) is 0.711. The lowest BCUT2D eigenvalue weighted by Gasteiger charge is -2.36. The molecule has 2 atom stereocenters. The number of nitrogens with one attached hydrogen (secondary N) is 1. The number of imide groups is 1. The lowest BCUT2D eigenvalue weighted by molar-refractivity contribution is -0.127. The molecule has 1 fully saturated rings. The molecule has 1 saturated heterocycles. The van der Waals surface area contributed by atoms with Gasteiger partial charge in [0.1, 0.15) is 0 Å². The van der Waals surface area contributed by atoms with Crippen molar-refractivity contribution in [2.45, 2.75) is 58.3 Å². The van der Waals surface area contributed by atoms with E-state index in [4.69, 9.17) is 4.99 Å². The summed E-state index contributed by atoms with van der Waals surface area (Å²) in [6, 6.07) is 7.48. The highest BCUT2D eigenvalue weighted by Gasteiger charge is 2.48. The summed E-state index contributed by atoms with van der Waals surface area (Å²) < 4.78 is 0. The molecule has 7 heteroatoms. The van der Waals surface area contributed by atoms with E-state index in [-0.39, 0.29) is 11.9 Å². The first-order valence-electron chi connectivity index (χ1n) is 9.61. The third kappa shape index (κ3) is 4.46. The van der Waals surface area contributed by atoms with E-state index in [1.807, 2.05) is 0 Å². The Labute approximate surface area is 165 Å². The number of amides is 3. The van der Waals surface area contributed by atoms with Crippen LogP contribution in [0.1, 0.15) is 43.7 Å². The number of aliphatic imine (C=N–C) groups is 1. The van der Waals surface area contributed by atoms with Gasteiger partial charge in [0.15, 0.2) is 17.4 Å². The molecule has 1 aromatic rings. The molecule has 2 unspecified atom stereocenters. The first kappa shape index (κ1) is 19.7. The summed E-state index contributed by atoms with van der Waals surface area (Å²) >= 11 is 1.69. The predicted octanol–water partition coefficient (Wildman–Crippen LogP) is 3.36. The van der Waals surface area contributed by atoms with Crippen LogP contribution in [0.15, 0.2) is 29.3 Å². The van der Waals surface area contributed by atoms with Gasteiger partial charge >= 0.3 is 6.03 Å². The summed E-state index contributed by atoms with van der Waals surface area (Å²) in [4.78, 5) is 32.9. The highest BCUT2D eigenvalue weighted by molar-refractivity contribution is 8.13. The van der Waals surface area contributed by atoms with Crippen LogP contribution in [-0.4, -0.2) is 51.9 Å². The average Bonchev–Trinajstić information content (AvgIpc) is 3.00. The Morgan fingerprint density at radius 1 is 1.15 bits per heavy atom. The van der Waals surface area contributed by atoms with Crippen molar-refractivity contribution in [2.75, 3.05) is 12.8 Å². The smallest absolute Gasteiger partial charge is 0.325 e. The van der Waals surface area contributed by atoms with Crippen LogP contribution < -0.4 is 5.32 Å². The van der Waals surface area contributed by atoms with Crippen LogP contribution in [0, 0.1) is 6.92 Å². The topological polar surface area (TPSA) is 65.0 Å². The number of urea groups is 1. The largest absolute Gasteiger partial charge is 0.331 e. The van der Waals surface area contributed by atoms with Gasteiger partial charge in [-0.2, -0.15) is 0 Å².